The summed E-state index contributed by atoms with van der Waals surface area (Å²) in [6.07, 6.45) is 5.14. The van der Waals surface area contributed by atoms with E-state index < -0.39 is 0 Å². The highest BCUT2D eigenvalue weighted by Crippen LogP contribution is 2.36. The first-order valence-corrected chi connectivity index (χ1v) is 14.1. The molecule has 0 unspecified atom stereocenters. The lowest BCUT2D eigenvalue weighted by molar-refractivity contribution is -0.135. The number of carbonyl (C=O) groups is 1. The molecule has 2 fully saturated rings. The molecule has 4 aromatic rings. The molecule has 1 amide bonds. The van der Waals surface area contributed by atoms with E-state index in [1.807, 2.05) is 59.5 Å². The van der Waals surface area contributed by atoms with Crippen molar-refractivity contribution in [2.75, 3.05) is 31.1 Å². The van der Waals surface area contributed by atoms with Crippen molar-refractivity contribution < 1.29 is 14.1 Å². The lowest BCUT2D eigenvalue weighted by Gasteiger charge is -2.36. The van der Waals surface area contributed by atoms with Crippen LogP contribution in [0.1, 0.15) is 45.4 Å². The van der Waals surface area contributed by atoms with Crippen molar-refractivity contribution >= 4 is 22.8 Å². The zero-order chi connectivity index (χ0) is 26.8. The number of rotatable bonds is 7. The van der Waals surface area contributed by atoms with Crippen LogP contribution in [-0.4, -0.2) is 52.1 Å². The molecule has 8 nitrogen and oxygen atoms in total. The van der Waals surface area contributed by atoms with Crippen molar-refractivity contribution in [3.8, 4) is 22.8 Å². The number of piperazine rings is 1. The van der Waals surface area contributed by atoms with Crippen molar-refractivity contribution in [3.63, 3.8) is 0 Å². The highest BCUT2D eigenvalue weighted by atomic mass is 16.5. The fraction of sp³-hybridized carbons (Fsp3) is 0.419. The van der Waals surface area contributed by atoms with Gasteiger partial charge in [-0.1, -0.05) is 62.2 Å². The number of fused-ring (bicyclic) bond motifs is 1. The number of ether oxygens (including phenoxy) is 1. The number of para-hydroxylation sites is 1. The largest absolute Gasteiger partial charge is 0.457 e. The topological polar surface area (TPSA) is 84.6 Å². The molecule has 0 N–H and O–H groups in total. The van der Waals surface area contributed by atoms with Crippen molar-refractivity contribution in [2.45, 2.75) is 46.0 Å². The molecule has 1 aliphatic heterocycles. The lowest BCUT2D eigenvalue weighted by Crippen LogP contribution is -2.50. The summed E-state index contributed by atoms with van der Waals surface area (Å²) in [7, 11) is 0. The molecule has 0 radical (unpaired) electrons. The molecule has 39 heavy (non-hydrogen) atoms. The van der Waals surface area contributed by atoms with E-state index in [2.05, 4.69) is 23.9 Å². The third kappa shape index (κ3) is 5.46. The molecule has 2 aromatic carbocycles. The Morgan fingerprint density at radius 1 is 0.974 bits per heavy atom. The quantitative estimate of drug-likeness (QED) is 0.288. The maximum Gasteiger partial charge on any atom is 0.263 e. The van der Waals surface area contributed by atoms with Crippen molar-refractivity contribution in [3.05, 3.63) is 60.4 Å². The summed E-state index contributed by atoms with van der Waals surface area (Å²) in [6.45, 7) is 7.14. The third-order valence-corrected chi connectivity index (χ3v) is 7.64. The number of hydrogen-bond acceptors (Lipinski definition) is 7. The van der Waals surface area contributed by atoms with Crippen LogP contribution in [0, 0.1) is 11.8 Å². The Bertz CT molecular complexity index is 1440. The van der Waals surface area contributed by atoms with Crippen LogP contribution in [0.5, 0.6) is 11.5 Å². The first kappa shape index (κ1) is 25.3. The second-order valence-corrected chi connectivity index (χ2v) is 11.0. The number of hydrogen-bond donors (Lipinski definition) is 0. The van der Waals surface area contributed by atoms with Gasteiger partial charge in [-0.15, -0.1) is 0 Å². The van der Waals surface area contributed by atoms with Gasteiger partial charge in [-0.25, -0.2) is 4.98 Å². The summed E-state index contributed by atoms with van der Waals surface area (Å²) in [5.74, 6) is 4.00. The third-order valence-electron chi connectivity index (χ3n) is 7.64. The van der Waals surface area contributed by atoms with Crippen molar-refractivity contribution in [1.82, 2.24) is 20.0 Å². The number of amides is 1. The number of benzene rings is 2. The van der Waals surface area contributed by atoms with E-state index in [0.717, 1.165) is 47.6 Å². The van der Waals surface area contributed by atoms with Gasteiger partial charge < -0.3 is 19.1 Å². The van der Waals surface area contributed by atoms with Gasteiger partial charge >= 0.3 is 0 Å². The van der Waals surface area contributed by atoms with Crippen LogP contribution in [0.3, 0.4) is 0 Å². The Kier molecular flexibility index (Phi) is 7.18. The predicted octanol–water partition coefficient (Wildman–Crippen LogP) is 6.11. The van der Waals surface area contributed by atoms with Gasteiger partial charge in [0.05, 0.1) is 0 Å². The van der Waals surface area contributed by atoms with Gasteiger partial charge in [0, 0.05) is 44.1 Å². The van der Waals surface area contributed by atoms with E-state index in [1.165, 1.54) is 12.8 Å². The van der Waals surface area contributed by atoms with Crippen LogP contribution in [0.2, 0.25) is 0 Å². The molecule has 1 saturated carbocycles. The number of aromatic nitrogens is 3. The Balaban J connectivity index is 1.32. The molecular formula is C31H35N5O3. The normalized spacial score (nSPS) is 16.4. The zero-order valence-corrected chi connectivity index (χ0v) is 22.7. The fourth-order valence-electron chi connectivity index (χ4n) is 5.66. The molecule has 0 spiro atoms. The van der Waals surface area contributed by atoms with Gasteiger partial charge in [-0.05, 0) is 43.0 Å². The molecule has 202 valence electrons. The van der Waals surface area contributed by atoms with Gasteiger partial charge in [0.2, 0.25) is 5.91 Å². The van der Waals surface area contributed by atoms with Crippen LogP contribution in [-0.2, 0) is 11.2 Å². The molecule has 6 rings (SSSR count). The van der Waals surface area contributed by atoms with Gasteiger partial charge in [-0.3, -0.25) is 4.79 Å². The minimum Gasteiger partial charge on any atom is -0.457 e. The van der Waals surface area contributed by atoms with E-state index in [0.29, 0.717) is 55.2 Å². The van der Waals surface area contributed by atoms with E-state index in [9.17, 15) is 4.79 Å². The first-order valence-electron chi connectivity index (χ1n) is 14.1. The zero-order valence-electron chi connectivity index (χ0n) is 22.7. The van der Waals surface area contributed by atoms with Gasteiger partial charge in [0.1, 0.15) is 34.2 Å². The Morgan fingerprint density at radius 3 is 2.46 bits per heavy atom. The standard InChI is InChI=1S/C31H35N5O3/c1-21(2)19-26-32-29(35-15-17-36(18-16-35)31(37)22-9-6-7-10-22)27-28(34-39-30(27)33-26)23-11-8-14-25(20-23)38-24-12-4-3-5-13-24/h3-5,8,11-14,20-22H,6-7,9-10,15-19H2,1-2H3. The molecule has 1 aliphatic carbocycles. The van der Waals surface area contributed by atoms with E-state index >= 15 is 0 Å². The summed E-state index contributed by atoms with van der Waals surface area (Å²) in [4.78, 5) is 27.1. The number of nitrogens with zero attached hydrogens (tertiary/aromatic N) is 5. The second-order valence-electron chi connectivity index (χ2n) is 11.0. The SMILES string of the molecule is CC(C)Cc1nc(N2CCN(C(=O)C3CCCC3)CC2)c2c(-c3cccc(Oc4ccccc4)c3)noc2n1. The first-order chi connectivity index (χ1) is 19.0. The molecule has 2 aliphatic rings. The summed E-state index contributed by atoms with van der Waals surface area (Å²) < 4.78 is 11.9. The Labute approximate surface area is 229 Å². The molecule has 3 heterocycles. The summed E-state index contributed by atoms with van der Waals surface area (Å²) in [6, 6.07) is 17.6. The molecule has 1 saturated heterocycles. The van der Waals surface area contributed by atoms with Crippen LogP contribution in [0.15, 0.2) is 59.1 Å². The highest BCUT2D eigenvalue weighted by Gasteiger charge is 2.31. The van der Waals surface area contributed by atoms with E-state index in [1.54, 1.807) is 0 Å². The monoisotopic (exact) mass is 525 g/mol. The number of carbonyl (C=O) groups excluding carboxylic acids is 1. The van der Waals surface area contributed by atoms with Crippen LogP contribution < -0.4 is 9.64 Å². The minimum absolute atomic E-state index is 0.204. The van der Waals surface area contributed by atoms with Gasteiger partial charge in [0.15, 0.2) is 0 Å². The highest BCUT2D eigenvalue weighted by molar-refractivity contribution is 5.98. The van der Waals surface area contributed by atoms with Crippen LogP contribution in [0.25, 0.3) is 22.4 Å². The number of anilines is 1. The van der Waals surface area contributed by atoms with Crippen LogP contribution in [0.4, 0.5) is 5.82 Å². The predicted molar refractivity (Wildman–Crippen MR) is 151 cm³/mol. The molecule has 2 aromatic heterocycles. The van der Waals surface area contributed by atoms with Crippen molar-refractivity contribution in [2.24, 2.45) is 11.8 Å². The summed E-state index contributed by atoms with van der Waals surface area (Å²) >= 11 is 0. The summed E-state index contributed by atoms with van der Waals surface area (Å²) in [5, 5.41) is 5.26. The Morgan fingerprint density at radius 2 is 1.72 bits per heavy atom. The maximum absolute atomic E-state index is 13.0. The smallest absolute Gasteiger partial charge is 0.263 e. The fourth-order valence-corrected chi connectivity index (χ4v) is 5.66. The molecule has 8 heteroatoms. The summed E-state index contributed by atoms with van der Waals surface area (Å²) in [5.41, 5.74) is 2.06. The Hall–Kier alpha value is -3.94. The molecule has 0 atom stereocenters. The van der Waals surface area contributed by atoms with E-state index in [-0.39, 0.29) is 5.92 Å². The maximum atomic E-state index is 13.0. The minimum atomic E-state index is 0.204. The van der Waals surface area contributed by atoms with Gasteiger partial charge in [0.25, 0.3) is 5.71 Å². The average molecular weight is 526 g/mol. The van der Waals surface area contributed by atoms with Crippen molar-refractivity contribution in [1.29, 1.82) is 0 Å². The molecular weight excluding hydrogens is 490 g/mol. The molecule has 0 bridgehead atoms. The van der Waals surface area contributed by atoms with Crippen LogP contribution >= 0.6 is 0 Å². The lowest BCUT2D eigenvalue weighted by atomic mass is 10.1. The van der Waals surface area contributed by atoms with E-state index in [4.69, 9.17) is 19.2 Å². The second kappa shape index (κ2) is 11.0. The van der Waals surface area contributed by atoms with Gasteiger partial charge in [-0.2, -0.15) is 4.98 Å². The average Bonchev–Trinajstić information content (AvgIpc) is 3.64.